The fraction of sp³-hybridized carbons (Fsp3) is 0.625. The number of hydrogen-bond acceptors (Lipinski definition) is 2. The summed E-state index contributed by atoms with van der Waals surface area (Å²) in [6.07, 6.45) is 4.26. The molecule has 0 spiro atoms. The van der Waals surface area contributed by atoms with Gasteiger partial charge in [0.15, 0.2) is 0 Å². The van der Waals surface area contributed by atoms with Crippen molar-refractivity contribution in [2.45, 2.75) is 38.2 Å². The van der Waals surface area contributed by atoms with E-state index in [2.05, 4.69) is 25.1 Å². The molecule has 106 valence electrons. The van der Waals surface area contributed by atoms with Crippen LogP contribution in [0.1, 0.15) is 36.8 Å². The number of rotatable bonds is 3. The summed E-state index contributed by atoms with van der Waals surface area (Å²) in [4.78, 5) is 2.17. The Kier molecular flexibility index (Phi) is 4.54. The van der Waals surface area contributed by atoms with Crippen LogP contribution in [0.4, 0.5) is 0 Å². The van der Waals surface area contributed by atoms with Crippen LogP contribution < -0.4 is 0 Å². The number of aryl methyl sites for hydroxylation is 1. The molecule has 0 amide bonds. The summed E-state index contributed by atoms with van der Waals surface area (Å²) in [5, 5.41) is 12.0. The first-order valence-corrected chi connectivity index (χ1v) is 7.45. The Balaban J connectivity index is 2.33. The van der Waals surface area contributed by atoms with Crippen molar-refractivity contribution in [2.24, 2.45) is 5.92 Å². The number of benzene rings is 1. The molecule has 2 atom stereocenters. The van der Waals surface area contributed by atoms with Crippen LogP contribution >= 0.6 is 11.6 Å². The summed E-state index contributed by atoms with van der Waals surface area (Å²) in [5.41, 5.74) is 1.38. The van der Waals surface area contributed by atoms with Crippen LogP contribution in [0.5, 0.6) is 0 Å². The standard InChI is InChI=1S/C16H24ClNO/c1-12-10-13(7-8-15(12)17)16(19)9-5-4-6-14(16)11-18(2)3/h7-8,10,14,19H,4-6,9,11H2,1-3H3/t14-,16+/m1/s1. The summed E-state index contributed by atoms with van der Waals surface area (Å²) in [5.74, 6) is 0.303. The topological polar surface area (TPSA) is 23.5 Å². The molecule has 0 saturated heterocycles. The first-order valence-electron chi connectivity index (χ1n) is 7.07. The molecule has 19 heavy (non-hydrogen) atoms. The number of hydrogen-bond donors (Lipinski definition) is 1. The quantitative estimate of drug-likeness (QED) is 0.915. The molecular formula is C16H24ClNO. The number of aliphatic hydroxyl groups is 1. The van der Waals surface area contributed by atoms with Gasteiger partial charge in [-0.1, -0.05) is 36.6 Å². The summed E-state index contributed by atoms with van der Waals surface area (Å²) < 4.78 is 0. The maximum Gasteiger partial charge on any atom is 0.0936 e. The molecule has 1 aliphatic carbocycles. The summed E-state index contributed by atoms with van der Waals surface area (Å²) in [6.45, 7) is 2.93. The Hall–Kier alpha value is -0.570. The van der Waals surface area contributed by atoms with Gasteiger partial charge in [-0.25, -0.2) is 0 Å². The second-order valence-corrected chi connectivity index (χ2v) is 6.50. The molecular weight excluding hydrogens is 258 g/mol. The predicted octanol–water partition coefficient (Wildman–Crippen LogP) is 3.59. The molecule has 2 nitrogen and oxygen atoms in total. The van der Waals surface area contributed by atoms with E-state index in [4.69, 9.17) is 11.6 Å². The maximum atomic E-state index is 11.2. The molecule has 1 N–H and O–H groups in total. The maximum absolute atomic E-state index is 11.2. The highest BCUT2D eigenvalue weighted by molar-refractivity contribution is 6.31. The summed E-state index contributed by atoms with van der Waals surface area (Å²) in [6, 6.07) is 5.95. The van der Waals surface area contributed by atoms with Crippen LogP contribution in [0.2, 0.25) is 5.02 Å². The molecule has 2 rings (SSSR count). The molecule has 0 unspecified atom stereocenters. The molecule has 0 radical (unpaired) electrons. The highest BCUT2D eigenvalue weighted by Crippen LogP contribution is 2.42. The largest absolute Gasteiger partial charge is 0.385 e. The van der Waals surface area contributed by atoms with Gasteiger partial charge in [0.25, 0.3) is 0 Å². The molecule has 0 aromatic heterocycles. The first kappa shape index (κ1) is 14.8. The predicted molar refractivity (Wildman–Crippen MR) is 80.6 cm³/mol. The summed E-state index contributed by atoms with van der Waals surface area (Å²) >= 11 is 6.10. The third-order valence-corrected chi connectivity index (χ3v) is 4.70. The summed E-state index contributed by atoms with van der Waals surface area (Å²) in [7, 11) is 4.14. The van der Waals surface area contributed by atoms with Crippen molar-refractivity contribution in [3.05, 3.63) is 34.3 Å². The van der Waals surface area contributed by atoms with Crippen LogP contribution in [0.25, 0.3) is 0 Å². The Morgan fingerprint density at radius 1 is 1.37 bits per heavy atom. The van der Waals surface area contributed by atoms with Gasteiger partial charge < -0.3 is 10.0 Å². The molecule has 0 heterocycles. The molecule has 0 aliphatic heterocycles. The SMILES string of the molecule is Cc1cc([C@@]2(O)CCCC[C@@H]2CN(C)C)ccc1Cl. The molecule has 1 aromatic carbocycles. The second kappa shape index (κ2) is 5.82. The molecule has 1 aliphatic rings. The van der Waals surface area contributed by atoms with E-state index in [9.17, 15) is 5.11 Å². The lowest BCUT2D eigenvalue weighted by molar-refractivity contribution is -0.0618. The highest BCUT2D eigenvalue weighted by Gasteiger charge is 2.40. The van der Waals surface area contributed by atoms with Crippen molar-refractivity contribution in [2.75, 3.05) is 20.6 Å². The highest BCUT2D eigenvalue weighted by atomic mass is 35.5. The van der Waals surface area contributed by atoms with Crippen LogP contribution in [0.15, 0.2) is 18.2 Å². The van der Waals surface area contributed by atoms with E-state index in [1.807, 2.05) is 19.1 Å². The van der Waals surface area contributed by atoms with E-state index in [1.165, 1.54) is 6.42 Å². The van der Waals surface area contributed by atoms with Gasteiger partial charge in [0.2, 0.25) is 0 Å². The lowest BCUT2D eigenvalue weighted by Crippen LogP contribution is -2.43. The van der Waals surface area contributed by atoms with Crippen molar-refractivity contribution < 1.29 is 5.11 Å². The zero-order chi connectivity index (χ0) is 14.0. The number of nitrogens with zero attached hydrogens (tertiary/aromatic N) is 1. The molecule has 1 aromatic rings. The van der Waals surface area contributed by atoms with Gasteiger partial charge in [-0.2, -0.15) is 0 Å². The van der Waals surface area contributed by atoms with Crippen molar-refractivity contribution in [3.8, 4) is 0 Å². The van der Waals surface area contributed by atoms with Crippen molar-refractivity contribution in [3.63, 3.8) is 0 Å². The van der Waals surface area contributed by atoms with Gasteiger partial charge in [0, 0.05) is 17.5 Å². The monoisotopic (exact) mass is 281 g/mol. The van der Waals surface area contributed by atoms with Crippen LogP contribution in [0, 0.1) is 12.8 Å². The lowest BCUT2D eigenvalue weighted by Gasteiger charge is -2.42. The lowest BCUT2D eigenvalue weighted by atomic mass is 9.71. The van der Waals surface area contributed by atoms with E-state index in [1.54, 1.807) is 0 Å². The van der Waals surface area contributed by atoms with Gasteiger partial charge in [0.05, 0.1) is 5.60 Å². The van der Waals surface area contributed by atoms with E-state index in [0.29, 0.717) is 5.92 Å². The minimum atomic E-state index is -0.697. The van der Waals surface area contributed by atoms with Crippen molar-refractivity contribution >= 4 is 11.6 Å². The third kappa shape index (κ3) is 3.13. The average Bonchev–Trinajstić information content (AvgIpc) is 2.35. The molecule has 0 bridgehead atoms. The van der Waals surface area contributed by atoms with Crippen LogP contribution in [-0.2, 0) is 5.60 Å². The minimum absolute atomic E-state index is 0.303. The molecule has 1 saturated carbocycles. The minimum Gasteiger partial charge on any atom is -0.385 e. The van der Waals surface area contributed by atoms with Crippen molar-refractivity contribution in [1.29, 1.82) is 0 Å². The van der Waals surface area contributed by atoms with Gasteiger partial charge in [0.1, 0.15) is 0 Å². The van der Waals surface area contributed by atoms with E-state index in [-0.39, 0.29) is 0 Å². The molecule has 3 heteroatoms. The van der Waals surface area contributed by atoms with Gasteiger partial charge in [-0.05, 0) is 51.1 Å². The van der Waals surface area contributed by atoms with Crippen LogP contribution in [-0.4, -0.2) is 30.6 Å². The van der Waals surface area contributed by atoms with Crippen LogP contribution in [0.3, 0.4) is 0 Å². The van der Waals surface area contributed by atoms with E-state index >= 15 is 0 Å². The number of halogens is 1. The third-order valence-electron chi connectivity index (χ3n) is 4.28. The zero-order valence-electron chi connectivity index (χ0n) is 12.1. The van der Waals surface area contributed by atoms with Gasteiger partial charge >= 0.3 is 0 Å². The fourth-order valence-corrected chi connectivity index (χ4v) is 3.32. The van der Waals surface area contributed by atoms with Crippen molar-refractivity contribution in [1.82, 2.24) is 4.90 Å². The first-order chi connectivity index (χ1) is 8.93. The zero-order valence-corrected chi connectivity index (χ0v) is 12.9. The average molecular weight is 282 g/mol. The van der Waals surface area contributed by atoms with Gasteiger partial charge in [-0.3, -0.25) is 0 Å². The van der Waals surface area contributed by atoms with E-state index in [0.717, 1.165) is 42.0 Å². The molecule has 1 fully saturated rings. The smallest absolute Gasteiger partial charge is 0.0936 e. The fourth-order valence-electron chi connectivity index (χ4n) is 3.21. The van der Waals surface area contributed by atoms with E-state index < -0.39 is 5.60 Å². The van der Waals surface area contributed by atoms with Gasteiger partial charge in [-0.15, -0.1) is 0 Å². The Morgan fingerprint density at radius 2 is 2.11 bits per heavy atom. The Labute approximate surface area is 121 Å². The Morgan fingerprint density at radius 3 is 2.74 bits per heavy atom. The Bertz CT molecular complexity index is 446. The second-order valence-electron chi connectivity index (χ2n) is 6.09. The normalized spacial score (nSPS) is 27.8.